The number of carbonyl (C=O) groups is 2. The Kier molecular flexibility index (Phi) is 4.15. The number of phenolic OH excluding ortho intramolecular Hbond substituents is 1. The zero-order chi connectivity index (χ0) is 18.2. The topological polar surface area (TPSA) is 125 Å². The van der Waals surface area contributed by atoms with Crippen LogP contribution in [-0.2, 0) is 4.79 Å². The Bertz CT molecular complexity index is 768. The van der Waals surface area contributed by atoms with E-state index in [1.54, 1.807) is 0 Å². The molecule has 0 bridgehead atoms. The van der Waals surface area contributed by atoms with E-state index >= 15 is 0 Å². The number of nitrogens with zero attached hydrogens (tertiary/aromatic N) is 3. The van der Waals surface area contributed by atoms with Crippen molar-refractivity contribution >= 4 is 23.8 Å². The van der Waals surface area contributed by atoms with Gasteiger partial charge in [0.05, 0.1) is 11.1 Å². The number of hydrogen-bond donors (Lipinski definition) is 2. The number of aromatic hydroxyl groups is 1. The van der Waals surface area contributed by atoms with E-state index in [2.05, 4.69) is 17.3 Å². The molecule has 2 N–H and O–H groups in total. The summed E-state index contributed by atoms with van der Waals surface area (Å²) in [6.07, 6.45) is 3.88. The van der Waals surface area contributed by atoms with Crippen LogP contribution < -0.4 is 5.32 Å². The number of carbonyl (C=O) groups excluding carboxylic acids is 2. The van der Waals surface area contributed by atoms with Crippen molar-refractivity contribution in [3.63, 3.8) is 0 Å². The molecule has 2 fully saturated rings. The summed E-state index contributed by atoms with van der Waals surface area (Å²) in [6.45, 7) is 2.11. The monoisotopic (exact) mass is 346 g/mol. The molecule has 3 amide bonds. The highest BCUT2D eigenvalue weighted by Gasteiger charge is 2.52. The summed E-state index contributed by atoms with van der Waals surface area (Å²) >= 11 is 0. The zero-order valence-electron chi connectivity index (χ0n) is 13.6. The number of urea groups is 1. The van der Waals surface area contributed by atoms with E-state index in [0.29, 0.717) is 18.8 Å². The molecule has 9 heteroatoms. The van der Waals surface area contributed by atoms with E-state index in [1.807, 2.05) is 0 Å². The number of rotatable bonds is 3. The van der Waals surface area contributed by atoms with Gasteiger partial charge in [0.1, 0.15) is 11.3 Å². The summed E-state index contributed by atoms with van der Waals surface area (Å²) in [5, 5.41) is 27.9. The molecule has 3 rings (SSSR count). The maximum Gasteiger partial charge on any atom is 0.346 e. The summed E-state index contributed by atoms with van der Waals surface area (Å²) in [6, 6.07) is 2.81. The predicted molar refractivity (Wildman–Crippen MR) is 88.1 cm³/mol. The molecule has 132 valence electrons. The van der Waals surface area contributed by atoms with Gasteiger partial charge in [-0.25, -0.2) is 4.79 Å². The van der Waals surface area contributed by atoms with E-state index in [1.165, 1.54) is 0 Å². The second-order valence-corrected chi connectivity index (χ2v) is 6.56. The standard InChI is InChI=1S/C16H18N4O5/c1-10-4-6-16(7-5-10)14(22)19(15(23)18-16)17-9-11-8-12(20(24)25)2-3-13(11)21/h2-3,8-10,21H,4-7H2,1H3,(H,18,23)/b17-9-. The highest BCUT2D eigenvalue weighted by Crippen LogP contribution is 2.36. The van der Waals surface area contributed by atoms with E-state index in [4.69, 9.17) is 0 Å². The number of phenols is 1. The molecule has 1 saturated carbocycles. The molecule has 0 aromatic heterocycles. The zero-order valence-corrected chi connectivity index (χ0v) is 13.6. The van der Waals surface area contributed by atoms with E-state index in [9.17, 15) is 24.8 Å². The van der Waals surface area contributed by atoms with Gasteiger partial charge in [0.25, 0.3) is 11.6 Å². The van der Waals surface area contributed by atoms with Crippen LogP contribution in [0.25, 0.3) is 0 Å². The van der Waals surface area contributed by atoms with E-state index in [-0.39, 0.29) is 17.0 Å². The minimum absolute atomic E-state index is 0.0491. The van der Waals surface area contributed by atoms with Gasteiger partial charge in [-0.05, 0) is 37.7 Å². The van der Waals surface area contributed by atoms with Gasteiger partial charge >= 0.3 is 6.03 Å². The first-order valence-electron chi connectivity index (χ1n) is 8.00. The predicted octanol–water partition coefficient (Wildman–Crippen LogP) is 2.14. The summed E-state index contributed by atoms with van der Waals surface area (Å²) in [5.41, 5.74) is -1.09. The lowest BCUT2D eigenvalue weighted by atomic mass is 9.77. The highest BCUT2D eigenvalue weighted by atomic mass is 16.6. The molecule has 1 saturated heterocycles. The van der Waals surface area contributed by atoms with E-state index < -0.39 is 22.4 Å². The number of nitro groups is 1. The Morgan fingerprint density at radius 2 is 2.08 bits per heavy atom. The summed E-state index contributed by atoms with van der Waals surface area (Å²) in [5.74, 6) is -0.150. The number of benzene rings is 1. The maximum atomic E-state index is 12.6. The van der Waals surface area contributed by atoms with Gasteiger partial charge in [-0.2, -0.15) is 5.10 Å². The van der Waals surface area contributed by atoms with Gasteiger partial charge in [0.15, 0.2) is 0 Å². The van der Waals surface area contributed by atoms with Crippen molar-refractivity contribution in [2.45, 2.75) is 38.1 Å². The molecule has 0 atom stereocenters. The Hall–Kier alpha value is -2.97. The fourth-order valence-electron chi connectivity index (χ4n) is 3.18. The molecule has 2 aliphatic rings. The molecule has 1 aliphatic carbocycles. The third kappa shape index (κ3) is 3.04. The number of hydrazone groups is 1. The number of nitrogens with one attached hydrogen (secondary N) is 1. The van der Waals surface area contributed by atoms with Crippen molar-refractivity contribution in [3.8, 4) is 5.75 Å². The Morgan fingerprint density at radius 1 is 1.40 bits per heavy atom. The summed E-state index contributed by atoms with van der Waals surface area (Å²) in [7, 11) is 0. The van der Waals surface area contributed by atoms with Crippen LogP contribution in [0.15, 0.2) is 23.3 Å². The van der Waals surface area contributed by atoms with Crippen molar-refractivity contribution in [1.29, 1.82) is 0 Å². The third-order valence-electron chi connectivity index (χ3n) is 4.80. The molecule has 1 heterocycles. The molecular formula is C16H18N4O5. The quantitative estimate of drug-likeness (QED) is 0.375. The van der Waals surface area contributed by atoms with E-state index in [0.717, 1.165) is 42.3 Å². The second-order valence-electron chi connectivity index (χ2n) is 6.56. The van der Waals surface area contributed by atoms with Crippen molar-refractivity contribution < 1.29 is 19.6 Å². The van der Waals surface area contributed by atoms with Crippen LogP contribution in [0.3, 0.4) is 0 Å². The van der Waals surface area contributed by atoms with Gasteiger partial charge in [0.2, 0.25) is 0 Å². The molecule has 0 unspecified atom stereocenters. The number of hydrogen-bond acceptors (Lipinski definition) is 6. The van der Waals surface area contributed by atoms with Crippen LogP contribution in [0.4, 0.5) is 10.5 Å². The minimum atomic E-state index is -0.911. The lowest BCUT2D eigenvalue weighted by Gasteiger charge is -2.33. The van der Waals surface area contributed by atoms with Gasteiger partial charge in [0, 0.05) is 17.7 Å². The van der Waals surface area contributed by atoms with Crippen LogP contribution in [-0.4, -0.2) is 38.7 Å². The average molecular weight is 346 g/mol. The maximum absolute atomic E-state index is 12.6. The Labute approximate surface area is 143 Å². The van der Waals surface area contributed by atoms with Crippen LogP contribution in [0.1, 0.15) is 38.2 Å². The van der Waals surface area contributed by atoms with Crippen LogP contribution in [0.2, 0.25) is 0 Å². The first-order chi connectivity index (χ1) is 11.8. The highest BCUT2D eigenvalue weighted by molar-refractivity contribution is 6.07. The van der Waals surface area contributed by atoms with Crippen molar-refractivity contribution in [2.75, 3.05) is 0 Å². The first kappa shape index (κ1) is 16.9. The fraction of sp³-hybridized carbons (Fsp3) is 0.438. The summed E-state index contributed by atoms with van der Waals surface area (Å²) in [4.78, 5) is 35.0. The summed E-state index contributed by atoms with van der Waals surface area (Å²) < 4.78 is 0. The van der Waals surface area contributed by atoms with Crippen LogP contribution in [0, 0.1) is 16.0 Å². The molecule has 1 aliphatic heterocycles. The Balaban J connectivity index is 1.82. The molecule has 1 aromatic carbocycles. The molecular weight excluding hydrogens is 328 g/mol. The third-order valence-corrected chi connectivity index (χ3v) is 4.80. The van der Waals surface area contributed by atoms with Crippen molar-refractivity contribution in [3.05, 3.63) is 33.9 Å². The lowest BCUT2D eigenvalue weighted by Crippen LogP contribution is -2.49. The fourth-order valence-corrected chi connectivity index (χ4v) is 3.18. The molecule has 1 aromatic rings. The largest absolute Gasteiger partial charge is 0.507 e. The number of amides is 3. The van der Waals surface area contributed by atoms with Crippen LogP contribution in [0.5, 0.6) is 5.75 Å². The first-order valence-corrected chi connectivity index (χ1v) is 8.00. The molecule has 1 spiro atoms. The molecule has 25 heavy (non-hydrogen) atoms. The average Bonchev–Trinajstić information content (AvgIpc) is 2.80. The lowest BCUT2D eigenvalue weighted by molar-refractivity contribution is -0.384. The smallest absolute Gasteiger partial charge is 0.346 e. The van der Waals surface area contributed by atoms with Gasteiger partial charge in [-0.3, -0.25) is 14.9 Å². The Morgan fingerprint density at radius 3 is 2.72 bits per heavy atom. The van der Waals surface area contributed by atoms with Crippen molar-refractivity contribution in [1.82, 2.24) is 10.3 Å². The number of non-ortho nitro benzene ring substituents is 1. The second kappa shape index (κ2) is 6.15. The SMILES string of the molecule is CC1CCC2(CC1)NC(=O)N(/N=C\c1cc([N+](=O)[O-])ccc1O)C2=O. The van der Waals surface area contributed by atoms with Gasteiger partial charge in [-0.1, -0.05) is 6.92 Å². The van der Waals surface area contributed by atoms with Gasteiger partial charge in [-0.15, -0.1) is 5.01 Å². The van der Waals surface area contributed by atoms with Crippen molar-refractivity contribution in [2.24, 2.45) is 11.0 Å². The molecule has 0 radical (unpaired) electrons. The number of nitro benzene ring substituents is 1. The normalized spacial score (nSPS) is 26.4. The molecule has 9 nitrogen and oxygen atoms in total. The van der Waals surface area contributed by atoms with Gasteiger partial charge < -0.3 is 10.4 Å². The van der Waals surface area contributed by atoms with Crippen LogP contribution >= 0.6 is 0 Å². The number of imide groups is 1. The minimum Gasteiger partial charge on any atom is -0.507 e.